The first-order chi connectivity index (χ1) is 7.18. The fourth-order valence-electron chi connectivity index (χ4n) is 1.58. The van der Waals surface area contributed by atoms with Crippen molar-refractivity contribution in [2.75, 3.05) is 20.1 Å². The summed E-state index contributed by atoms with van der Waals surface area (Å²) in [6, 6.07) is 6.48. The van der Waals surface area contributed by atoms with Gasteiger partial charge in [-0.1, -0.05) is 0 Å². The Labute approximate surface area is 99.3 Å². The molecule has 2 rings (SSSR count). The lowest BCUT2D eigenvalue weighted by Gasteiger charge is -2.13. The molecule has 1 heterocycles. The molecule has 0 aromatic heterocycles. The number of nitro benzene ring substituents is 1. The van der Waals surface area contributed by atoms with Gasteiger partial charge in [0.05, 0.1) is 11.5 Å². The van der Waals surface area contributed by atoms with E-state index in [4.69, 9.17) is 0 Å². The van der Waals surface area contributed by atoms with Gasteiger partial charge in [0.1, 0.15) is 5.84 Å². The van der Waals surface area contributed by atoms with E-state index in [1.807, 2.05) is 11.9 Å². The van der Waals surface area contributed by atoms with Crippen LogP contribution in [-0.4, -0.2) is 35.8 Å². The van der Waals surface area contributed by atoms with Crippen molar-refractivity contribution in [3.8, 4) is 0 Å². The Kier molecular flexibility index (Phi) is 3.84. The van der Waals surface area contributed by atoms with Gasteiger partial charge in [-0.05, 0) is 12.1 Å². The number of halogens is 1. The van der Waals surface area contributed by atoms with Gasteiger partial charge in [-0.2, -0.15) is 0 Å². The van der Waals surface area contributed by atoms with Crippen molar-refractivity contribution in [2.24, 2.45) is 4.99 Å². The Balaban J connectivity index is 0.00000128. The Morgan fingerprint density at radius 1 is 1.38 bits per heavy atom. The van der Waals surface area contributed by atoms with Gasteiger partial charge in [0.25, 0.3) is 5.69 Å². The molecule has 0 aliphatic carbocycles. The first-order valence-electron chi connectivity index (χ1n) is 4.69. The van der Waals surface area contributed by atoms with E-state index >= 15 is 0 Å². The zero-order valence-electron chi connectivity index (χ0n) is 8.79. The van der Waals surface area contributed by atoms with E-state index in [-0.39, 0.29) is 18.1 Å². The molecule has 0 radical (unpaired) electrons. The Morgan fingerprint density at radius 2 is 2.00 bits per heavy atom. The summed E-state index contributed by atoms with van der Waals surface area (Å²) in [5, 5.41) is 10.5. The van der Waals surface area contributed by atoms with Crippen molar-refractivity contribution in [2.45, 2.75) is 0 Å². The van der Waals surface area contributed by atoms with Gasteiger partial charge in [0.15, 0.2) is 0 Å². The second kappa shape index (κ2) is 4.94. The molecule has 0 bridgehead atoms. The number of rotatable bonds is 2. The minimum absolute atomic E-state index is 0. The predicted octanol–water partition coefficient (Wildman–Crippen LogP) is 1.71. The molecule has 0 fully saturated rings. The zero-order chi connectivity index (χ0) is 10.8. The van der Waals surface area contributed by atoms with Gasteiger partial charge in [-0.15, -0.1) is 12.4 Å². The van der Waals surface area contributed by atoms with E-state index in [1.54, 1.807) is 12.1 Å². The summed E-state index contributed by atoms with van der Waals surface area (Å²) >= 11 is 0. The topological polar surface area (TPSA) is 58.7 Å². The highest BCUT2D eigenvalue weighted by molar-refractivity contribution is 5.99. The first-order valence-corrected chi connectivity index (χ1v) is 4.69. The van der Waals surface area contributed by atoms with Crippen molar-refractivity contribution < 1.29 is 4.92 Å². The number of hydrogen-bond acceptors (Lipinski definition) is 4. The van der Waals surface area contributed by atoms with Gasteiger partial charge in [0, 0.05) is 31.3 Å². The third kappa shape index (κ3) is 2.30. The van der Waals surface area contributed by atoms with Crippen LogP contribution in [-0.2, 0) is 0 Å². The van der Waals surface area contributed by atoms with Gasteiger partial charge >= 0.3 is 0 Å². The van der Waals surface area contributed by atoms with Crippen LogP contribution in [0.4, 0.5) is 5.69 Å². The van der Waals surface area contributed by atoms with E-state index in [2.05, 4.69) is 4.99 Å². The van der Waals surface area contributed by atoms with Crippen molar-refractivity contribution in [3.05, 3.63) is 39.9 Å². The molecule has 0 unspecified atom stereocenters. The van der Waals surface area contributed by atoms with Gasteiger partial charge < -0.3 is 4.90 Å². The maximum Gasteiger partial charge on any atom is 0.269 e. The fourth-order valence-corrected chi connectivity index (χ4v) is 1.58. The van der Waals surface area contributed by atoms with Crippen LogP contribution < -0.4 is 0 Å². The maximum absolute atomic E-state index is 10.5. The highest BCUT2D eigenvalue weighted by Crippen LogP contribution is 2.15. The summed E-state index contributed by atoms with van der Waals surface area (Å²) in [5.74, 6) is 0.907. The molecule has 0 N–H and O–H groups in total. The van der Waals surface area contributed by atoms with Crippen LogP contribution in [0.3, 0.4) is 0 Å². The summed E-state index contributed by atoms with van der Waals surface area (Å²) in [6.07, 6.45) is 0. The molecule has 6 heteroatoms. The average Bonchev–Trinajstić information content (AvgIpc) is 2.65. The molecule has 1 aromatic rings. The molecular weight excluding hydrogens is 230 g/mol. The Morgan fingerprint density at radius 3 is 2.44 bits per heavy atom. The maximum atomic E-state index is 10.5. The van der Waals surface area contributed by atoms with Crippen LogP contribution >= 0.6 is 12.4 Å². The third-order valence-electron chi connectivity index (χ3n) is 2.39. The van der Waals surface area contributed by atoms with Crippen LogP contribution in [0.2, 0.25) is 0 Å². The monoisotopic (exact) mass is 241 g/mol. The molecule has 1 aromatic carbocycles. The summed E-state index contributed by atoms with van der Waals surface area (Å²) in [7, 11) is 1.97. The average molecular weight is 242 g/mol. The van der Waals surface area contributed by atoms with E-state index in [0.29, 0.717) is 0 Å². The predicted molar refractivity (Wildman–Crippen MR) is 64.4 cm³/mol. The standard InChI is InChI=1S/C10H11N3O2.ClH/c1-12-7-6-11-10(12)8-2-4-9(5-3-8)13(14)15;/h2-5H,6-7H2,1H3;1H. The van der Waals surface area contributed by atoms with Crippen LogP contribution in [0, 0.1) is 10.1 Å². The SMILES string of the molecule is CN1CCN=C1c1ccc([N+](=O)[O-])cc1.Cl. The summed E-state index contributed by atoms with van der Waals surface area (Å²) in [5.41, 5.74) is 1.04. The second-order valence-corrected chi connectivity index (χ2v) is 3.43. The minimum atomic E-state index is -0.399. The van der Waals surface area contributed by atoms with Crippen molar-refractivity contribution >= 4 is 23.9 Å². The molecule has 16 heavy (non-hydrogen) atoms. The number of likely N-dealkylation sites (N-methyl/N-ethyl adjacent to an activating group) is 1. The van der Waals surface area contributed by atoms with E-state index in [0.717, 1.165) is 24.5 Å². The number of nitrogens with zero attached hydrogens (tertiary/aromatic N) is 3. The Bertz CT molecular complexity index is 417. The molecule has 0 saturated heterocycles. The van der Waals surface area contributed by atoms with E-state index in [1.165, 1.54) is 12.1 Å². The summed E-state index contributed by atoms with van der Waals surface area (Å²) in [4.78, 5) is 16.4. The molecule has 1 aliphatic heterocycles. The number of aliphatic imine (C=N–C) groups is 1. The second-order valence-electron chi connectivity index (χ2n) is 3.43. The number of nitro groups is 1. The lowest BCUT2D eigenvalue weighted by molar-refractivity contribution is -0.384. The zero-order valence-corrected chi connectivity index (χ0v) is 9.61. The molecule has 1 aliphatic rings. The van der Waals surface area contributed by atoms with E-state index < -0.39 is 4.92 Å². The molecule has 5 nitrogen and oxygen atoms in total. The van der Waals surface area contributed by atoms with E-state index in [9.17, 15) is 10.1 Å². The highest BCUT2D eigenvalue weighted by Gasteiger charge is 2.15. The lowest BCUT2D eigenvalue weighted by atomic mass is 10.2. The van der Waals surface area contributed by atoms with Crippen LogP contribution in [0.15, 0.2) is 29.3 Å². The van der Waals surface area contributed by atoms with Crippen LogP contribution in [0.5, 0.6) is 0 Å². The molecule has 0 saturated carbocycles. The lowest BCUT2D eigenvalue weighted by Crippen LogP contribution is -2.23. The van der Waals surface area contributed by atoms with Crippen molar-refractivity contribution in [1.29, 1.82) is 0 Å². The van der Waals surface area contributed by atoms with Crippen LogP contribution in [0.1, 0.15) is 5.56 Å². The van der Waals surface area contributed by atoms with Gasteiger partial charge in [-0.25, -0.2) is 0 Å². The Hall–Kier alpha value is -1.62. The third-order valence-corrected chi connectivity index (χ3v) is 2.39. The summed E-state index contributed by atoms with van der Waals surface area (Å²) in [6.45, 7) is 1.70. The molecular formula is C10H12ClN3O2. The fraction of sp³-hybridized carbons (Fsp3) is 0.300. The number of benzene rings is 1. The first kappa shape index (κ1) is 12.4. The highest BCUT2D eigenvalue weighted by atomic mass is 35.5. The van der Waals surface area contributed by atoms with Gasteiger partial charge in [-0.3, -0.25) is 15.1 Å². The number of amidine groups is 1. The molecule has 86 valence electrons. The summed E-state index contributed by atoms with van der Waals surface area (Å²) < 4.78 is 0. The van der Waals surface area contributed by atoms with Crippen LogP contribution in [0.25, 0.3) is 0 Å². The van der Waals surface area contributed by atoms with Crippen molar-refractivity contribution in [1.82, 2.24) is 4.90 Å². The molecule has 0 atom stereocenters. The normalized spacial score (nSPS) is 14.3. The largest absolute Gasteiger partial charge is 0.358 e. The smallest absolute Gasteiger partial charge is 0.269 e. The number of hydrogen-bond donors (Lipinski definition) is 0. The molecule has 0 amide bonds. The minimum Gasteiger partial charge on any atom is -0.358 e. The molecule has 0 spiro atoms. The van der Waals surface area contributed by atoms with Crippen molar-refractivity contribution in [3.63, 3.8) is 0 Å². The van der Waals surface area contributed by atoms with Gasteiger partial charge in [0.2, 0.25) is 0 Å². The quantitative estimate of drug-likeness (QED) is 0.585. The number of non-ortho nitro benzene ring substituents is 1.